The molecule has 0 saturated carbocycles. The number of rotatable bonds is 7. The smallest absolute Gasteiger partial charge is 0.412 e. The summed E-state index contributed by atoms with van der Waals surface area (Å²) < 4.78 is 44.5. The van der Waals surface area contributed by atoms with E-state index in [1.165, 1.54) is 6.92 Å². The first-order valence-electron chi connectivity index (χ1n) is 10.2. The van der Waals surface area contributed by atoms with E-state index in [9.17, 15) is 18.0 Å². The summed E-state index contributed by atoms with van der Waals surface area (Å²) in [5, 5.41) is 2.60. The predicted molar refractivity (Wildman–Crippen MR) is 116 cm³/mol. The highest BCUT2D eigenvalue weighted by Crippen LogP contribution is 2.29. The Labute approximate surface area is 186 Å². The third-order valence-corrected chi connectivity index (χ3v) is 6.71. The van der Waals surface area contributed by atoms with E-state index in [2.05, 4.69) is 10.0 Å². The Balaban J connectivity index is 1.30. The van der Waals surface area contributed by atoms with Crippen molar-refractivity contribution in [1.29, 1.82) is 0 Å². The fraction of sp³-hybridized carbons (Fsp3) is 0.364. The molecule has 4 rings (SSSR count). The van der Waals surface area contributed by atoms with Gasteiger partial charge >= 0.3 is 6.09 Å². The topological polar surface area (TPSA) is 120 Å². The van der Waals surface area contributed by atoms with Gasteiger partial charge in [-0.25, -0.2) is 17.9 Å². The number of hydrogen-bond acceptors (Lipinski definition) is 7. The van der Waals surface area contributed by atoms with Gasteiger partial charge in [0.1, 0.15) is 12.2 Å². The molecule has 0 spiro atoms. The van der Waals surface area contributed by atoms with E-state index in [-0.39, 0.29) is 24.7 Å². The SMILES string of the molecule is CC(=O)c1ccc(NC(=O)O[C@H]2CO[C@@H]3[C@@H]2OC[C@@H]3NS(=O)(=O)Cc2ccccc2)cc1. The molecule has 0 radical (unpaired) electrons. The van der Waals surface area contributed by atoms with Gasteiger partial charge in [-0.3, -0.25) is 10.1 Å². The zero-order chi connectivity index (χ0) is 22.7. The maximum atomic E-state index is 12.5. The zero-order valence-corrected chi connectivity index (χ0v) is 18.2. The van der Waals surface area contributed by atoms with Crippen LogP contribution < -0.4 is 10.0 Å². The summed E-state index contributed by atoms with van der Waals surface area (Å²) in [5.41, 5.74) is 1.70. The highest BCUT2D eigenvalue weighted by molar-refractivity contribution is 7.88. The third-order valence-electron chi connectivity index (χ3n) is 5.33. The molecule has 4 atom stereocenters. The maximum absolute atomic E-state index is 12.5. The molecular formula is C22H24N2O7S. The van der Waals surface area contributed by atoms with Crippen LogP contribution in [0, 0.1) is 0 Å². The van der Waals surface area contributed by atoms with Gasteiger partial charge in [-0.2, -0.15) is 0 Å². The van der Waals surface area contributed by atoms with Crippen LogP contribution in [0.5, 0.6) is 0 Å². The van der Waals surface area contributed by atoms with Crippen LogP contribution in [0.15, 0.2) is 54.6 Å². The Morgan fingerprint density at radius 1 is 1.00 bits per heavy atom. The molecule has 9 nitrogen and oxygen atoms in total. The lowest BCUT2D eigenvalue weighted by Gasteiger charge is -2.18. The molecule has 0 aliphatic carbocycles. The fourth-order valence-electron chi connectivity index (χ4n) is 3.81. The van der Waals surface area contributed by atoms with Crippen molar-refractivity contribution in [2.75, 3.05) is 18.5 Å². The average Bonchev–Trinajstić information content (AvgIpc) is 3.32. The highest BCUT2D eigenvalue weighted by Gasteiger charge is 2.50. The molecule has 32 heavy (non-hydrogen) atoms. The highest BCUT2D eigenvalue weighted by atomic mass is 32.2. The molecule has 2 heterocycles. The quantitative estimate of drug-likeness (QED) is 0.607. The second kappa shape index (κ2) is 9.37. The Hall–Kier alpha value is -2.79. The van der Waals surface area contributed by atoms with Crippen LogP contribution in [0.4, 0.5) is 10.5 Å². The number of ketones is 1. The van der Waals surface area contributed by atoms with Crippen LogP contribution in [0.1, 0.15) is 22.8 Å². The minimum Gasteiger partial charge on any atom is -0.441 e. The van der Waals surface area contributed by atoms with E-state index in [1.807, 2.05) is 6.07 Å². The number of carbonyl (C=O) groups is 2. The minimum absolute atomic E-state index is 0.0689. The Morgan fingerprint density at radius 3 is 2.38 bits per heavy atom. The number of ether oxygens (including phenoxy) is 3. The van der Waals surface area contributed by atoms with Crippen molar-refractivity contribution in [3.05, 3.63) is 65.7 Å². The first-order valence-corrected chi connectivity index (χ1v) is 11.8. The molecule has 2 aliphatic heterocycles. The van der Waals surface area contributed by atoms with Gasteiger partial charge in [-0.15, -0.1) is 0 Å². The summed E-state index contributed by atoms with van der Waals surface area (Å²) in [7, 11) is -3.60. The molecular weight excluding hydrogens is 436 g/mol. The van der Waals surface area contributed by atoms with E-state index >= 15 is 0 Å². The van der Waals surface area contributed by atoms with E-state index in [1.54, 1.807) is 48.5 Å². The summed E-state index contributed by atoms with van der Waals surface area (Å²) in [6, 6.07) is 14.7. The predicted octanol–water partition coefficient (Wildman–Crippen LogP) is 2.09. The van der Waals surface area contributed by atoms with Crippen LogP contribution in [0.3, 0.4) is 0 Å². The number of carbonyl (C=O) groups excluding carboxylic acids is 2. The Bertz CT molecular complexity index is 1070. The van der Waals surface area contributed by atoms with Crippen molar-refractivity contribution in [3.8, 4) is 0 Å². The largest absolute Gasteiger partial charge is 0.441 e. The zero-order valence-electron chi connectivity index (χ0n) is 17.4. The van der Waals surface area contributed by atoms with Crippen molar-refractivity contribution < 1.29 is 32.2 Å². The van der Waals surface area contributed by atoms with E-state index < -0.39 is 40.5 Å². The summed E-state index contributed by atoms with van der Waals surface area (Å²) in [5.74, 6) is -0.215. The molecule has 170 valence electrons. The average molecular weight is 461 g/mol. The maximum Gasteiger partial charge on any atom is 0.412 e. The monoisotopic (exact) mass is 460 g/mol. The molecule has 2 aromatic carbocycles. The summed E-state index contributed by atoms with van der Waals surface area (Å²) in [6.45, 7) is 1.68. The standard InChI is InChI=1S/C22H24N2O7S/c1-14(25)16-7-9-17(10-8-16)23-22(26)31-19-12-30-20-18(11-29-21(19)20)24-32(27,28)13-15-5-3-2-4-6-15/h2-10,18-21,24H,11-13H2,1H3,(H,23,26)/t18-,19-,20-,21+/m0/s1. The van der Waals surface area contributed by atoms with Crippen molar-refractivity contribution in [1.82, 2.24) is 4.72 Å². The van der Waals surface area contributed by atoms with Crippen LogP contribution in [0.2, 0.25) is 0 Å². The number of sulfonamides is 1. The first-order chi connectivity index (χ1) is 15.3. The lowest BCUT2D eigenvalue weighted by atomic mass is 10.1. The minimum atomic E-state index is -3.60. The number of Topliss-reactive ketones (excluding diaryl/α,β-unsaturated/α-hetero) is 1. The molecule has 1 amide bonds. The van der Waals surface area contributed by atoms with Gasteiger partial charge in [0.05, 0.1) is 25.0 Å². The second-order valence-corrected chi connectivity index (χ2v) is 9.52. The van der Waals surface area contributed by atoms with Crippen LogP contribution in [0.25, 0.3) is 0 Å². The van der Waals surface area contributed by atoms with Crippen molar-refractivity contribution in [2.24, 2.45) is 0 Å². The molecule has 2 N–H and O–H groups in total. The Morgan fingerprint density at radius 2 is 1.69 bits per heavy atom. The van der Waals surface area contributed by atoms with E-state index in [4.69, 9.17) is 14.2 Å². The molecule has 0 bridgehead atoms. The lowest BCUT2D eigenvalue weighted by molar-refractivity contribution is 0.00883. The molecule has 0 unspecified atom stereocenters. The summed E-state index contributed by atoms with van der Waals surface area (Å²) in [4.78, 5) is 23.6. The van der Waals surface area contributed by atoms with Crippen LogP contribution in [-0.4, -0.2) is 57.9 Å². The van der Waals surface area contributed by atoms with E-state index in [0.29, 0.717) is 16.8 Å². The van der Waals surface area contributed by atoms with Crippen LogP contribution >= 0.6 is 0 Å². The van der Waals surface area contributed by atoms with Gasteiger partial charge in [0.2, 0.25) is 10.0 Å². The summed E-state index contributed by atoms with van der Waals surface area (Å²) in [6.07, 6.45) is -2.47. The molecule has 2 saturated heterocycles. The fourth-order valence-corrected chi connectivity index (χ4v) is 5.18. The first kappa shape index (κ1) is 22.4. The van der Waals surface area contributed by atoms with Gasteiger partial charge in [-0.05, 0) is 36.8 Å². The van der Waals surface area contributed by atoms with E-state index in [0.717, 1.165) is 0 Å². The second-order valence-electron chi connectivity index (χ2n) is 7.77. The van der Waals surface area contributed by atoms with Gasteiger partial charge in [-0.1, -0.05) is 30.3 Å². The van der Waals surface area contributed by atoms with Gasteiger partial charge in [0.15, 0.2) is 11.9 Å². The number of amides is 1. The third kappa shape index (κ3) is 5.33. The van der Waals surface area contributed by atoms with Crippen molar-refractivity contribution >= 4 is 27.6 Å². The van der Waals surface area contributed by atoms with Gasteiger partial charge in [0.25, 0.3) is 0 Å². The Kier molecular flexibility index (Phi) is 6.56. The van der Waals surface area contributed by atoms with Crippen LogP contribution in [-0.2, 0) is 30.0 Å². The molecule has 2 aromatic rings. The normalized spacial score (nSPS) is 24.7. The number of fused-ring (bicyclic) bond motifs is 1. The van der Waals surface area contributed by atoms with Crippen molar-refractivity contribution in [3.63, 3.8) is 0 Å². The van der Waals surface area contributed by atoms with Gasteiger partial charge < -0.3 is 14.2 Å². The molecule has 0 aromatic heterocycles. The number of hydrogen-bond donors (Lipinski definition) is 2. The summed E-state index contributed by atoms with van der Waals surface area (Å²) >= 11 is 0. The molecule has 2 fully saturated rings. The number of nitrogens with one attached hydrogen (secondary N) is 2. The number of benzene rings is 2. The molecule has 10 heteroatoms. The number of anilines is 1. The van der Waals surface area contributed by atoms with Gasteiger partial charge in [0, 0.05) is 11.3 Å². The lowest BCUT2D eigenvalue weighted by Crippen LogP contribution is -2.44. The van der Waals surface area contributed by atoms with Crippen molar-refractivity contribution in [2.45, 2.75) is 37.0 Å². The molecule has 2 aliphatic rings.